The second-order valence-corrected chi connectivity index (χ2v) is 24.3. The Kier molecular flexibility index (Phi) is 22.5. The zero-order valence-corrected chi connectivity index (χ0v) is 51.6. The van der Waals surface area contributed by atoms with Crippen LogP contribution >= 0.6 is 0 Å². The van der Waals surface area contributed by atoms with E-state index in [9.17, 15) is 32.3 Å². The molecule has 20 heteroatoms. The molecule has 12 rings (SSSR count). The van der Waals surface area contributed by atoms with Crippen LogP contribution in [0.15, 0.2) is 121 Å². The van der Waals surface area contributed by atoms with E-state index in [2.05, 4.69) is 41.1 Å². The molecule has 6 fully saturated rings. The summed E-state index contributed by atoms with van der Waals surface area (Å²) in [5.41, 5.74) is 25.4. The molecule has 0 spiro atoms. The summed E-state index contributed by atoms with van der Waals surface area (Å²) in [6.07, 6.45) is 7.66. The lowest BCUT2D eigenvalue weighted by Gasteiger charge is -2.34. The summed E-state index contributed by atoms with van der Waals surface area (Å²) >= 11 is 0. The summed E-state index contributed by atoms with van der Waals surface area (Å²) in [4.78, 5) is 49.4. The Morgan fingerprint density at radius 3 is 1.64 bits per heavy atom. The van der Waals surface area contributed by atoms with Gasteiger partial charge in [-0.1, -0.05) is 55.8 Å². The molecule has 0 aromatic heterocycles. The molecule has 3 saturated heterocycles. The predicted molar refractivity (Wildman–Crippen MR) is 344 cm³/mol. The van der Waals surface area contributed by atoms with Gasteiger partial charge in [-0.25, -0.2) is 13.2 Å². The molecular weight excluding hydrogens is 1170 g/mol. The van der Waals surface area contributed by atoms with Crippen molar-refractivity contribution in [3.8, 4) is 50.6 Å². The molecule has 0 radical (unpaired) electrons. The zero-order valence-electron chi connectivity index (χ0n) is 51.6. The molecule has 3 heterocycles. The van der Waals surface area contributed by atoms with Crippen molar-refractivity contribution >= 4 is 40.7 Å². The first-order valence-electron chi connectivity index (χ1n) is 31.9. The van der Waals surface area contributed by atoms with Gasteiger partial charge in [0.15, 0.2) is 11.8 Å². The number of alkyl halides is 2. The van der Waals surface area contributed by atoms with E-state index in [1.807, 2.05) is 60.7 Å². The van der Waals surface area contributed by atoms with Crippen LogP contribution in [-0.2, 0) is 48.3 Å². The molecule has 3 saturated carbocycles. The van der Waals surface area contributed by atoms with Gasteiger partial charge < -0.3 is 66.8 Å². The van der Waals surface area contributed by atoms with Gasteiger partial charge in [-0.15, -0.1) is 0 Å². The van der Waals surface area contributed by atoms with E-state index in [1.54, 1.807) is 36.4 Å². The number of nitrogens with two attached hydrogens (primary N) is 3. The lowest BCUT2D eigenvalue weighted by molar-refractivity contribution is -0.138. The van der Waals surface area contributed by atoms with Gasteiger partial charge in [-0.3, -0.25) is 19.2 Å². The maximum absolute atomic E-state index is 14.6. The molecule has 0 unspecified atom stereocenters. The van der Waals surface area contributed by atoms with E-state index in [4.69, 9.17) is 46.0 Å². The largest absolute Gasteiger partial charge is 0.490 e. The van der Waals surface area contributed by atoms with Gasteiger partial charge in [0.1, 0.15) is 48.0 Å². The number of nitrogens with one attached hydrogen (secondary N) is 3. The number of carbonyl (C=O) groups excluding carboxylic acids is 4. The number of hydrogen-bond donors (Lipinski definition) is 7. The van der Waals surface area contributed by atoms with Crippen LogP contribution in [0.5, 0.6) is 17.2 Å². The number of piperidine rings is 1. The maximum atomic E-state index is 14.6. The number of nitrogens with zero attached hydrogens (tertiary/aromatic N) is 1. The van der Waals surface area contributed by atoms with Crippen molar-refractivity contribution in [2.75, 3.05) is 62.1 Å². The Bertz CT molecular complexity index is 3500. The number of amides is 4. The minimum absolute atomic E-state index is 0.000384. The highest BCUT2D eigenvalue weighted by molar-refractivity contribution is 6.00. The van der Waals surface area contributed by atoms with E-state index in [0.717, 1.165) is 122 Å². The quantitative estimate of drug-likeness (QED) is 0.0355. The molecule has 10 N–H and O–H groups in total. The van der Waals surface area contributed by atoms with E-state index < -0.39 is 36.4 Å². The van der Waals surface area contributed by atoms with Crippen LogP contribution in [0.25, 0.3) is 33.4 Å². The van der Waals surface area contributed by atoms with Gasteiger partial charge in [-0.05, 0) is 151 Å². The molecular formula is C71H84F3N7O10. The van der Waals surface area contributed by atoms with Crippen molar-refractivity contribution in [3.63, 3.8) is 0 Å². The van der Waals surface area contributed by atoms with Gasteiger partial charge in [0.05, 0.1) is 33.0 Å². The molecule has 484 valence electrons. The number of rotatable bonds is 21. The number of aliphatic hydroxyl groups is 1. The highest BCUT2D eigenvalue weighted by Gasteiger charge is 2.51. The number of likely N-dealkylation sites (tertiary alicyclic amines) is 1. The standard InChI is InChI=1S/C25H32N2O3.C24H27F2N3O4.C22H25FN2O3/c1-2-4-19-15-23(19)25(28)27-21-6-3-5-17(14-21)18-7-8-24(20(13-18)16-26)30-22-9-11-29-12-10-22;25-19-13-29(22(31)14-30)9-6-21(19)33-20-5-4-16(10-17(20)12-27)15-2-1-3-18(11-15)28-23(32)24(26)7-8-24;23-20-5-4-17(25-22(26)14-1-2-14)12-19(20)15-3-6-21(16(11-15)13-24)28-18-7-9-27-10-8-18/h3,5-8,13-14,19,22-23H,2,4,9-12,15-16,26H2,1H3,(H,27,28);1-5,10-11,19,21,30H,6-9,12-14,27H2,(H,28,32);3-6,11-12,14,18H,1-2,7-10,13,24H2,(H,25,26)/t19-,23-;19-,21+;/m01./s1. The summed E-state index contributed by atoms with van der Waals surface area (Å²) < 4.78 is 72.0. The van der Waals surface area contributed by atoms with Gasteiger partial charge in [-0.2, -0.15) is 0 Å². The van der Waals surface area contributed by atoms with E-state index in [1.165, 1.54) is 11.0 Å². The normalized spacial score (nSPS) is 20.1. The van der Waals surface area contributed by atoms with Crippen LogP contribution in [0.3, 0.4) is 0 Å². The average molecular weight is 1250 g/mol. The summed E-state index contributed by atoms with van der Waals surface area (Å²) in [7, 11) is 0. The smallest absolute Gasteiger partial charge is 0.262 e. The topological polar surface area (TPSA) is 252 Å². The molecule has 6 aromatic carbocycles. The van der Waals surface area contributed by atoms with Crippen LogP contribution in [0, 0.1) is 23.6 Å². The fraction of sp³-hybridized carbons (Fsp3) is 0.437. The number of carbonyl (C=O) groups is 4. The SMILES string of the molecule is CCC[C@H]1C[C@@H]1C(=O)Nc1cccc(-c2ccc(OC3CCOCC3)c(CN)c2)c1.NCc1cc(-c2cc(NC(=O)C3CC3)ccc2F)ccc1OC1CCOCC1.NCc1cc(-c2cccc(NC(=O)C3(F)CC3)c2)ccc1O[C@H]1CCN(C(=O)CO)C[C@H]1F. The zero-order chi connectivity index (χ0) is 64.0. The van der Waals surface area contributed by atoms with Crippen LogP contribution in [0.2, 0.25) is 0 Å². The molecule has 0 bridgehead atoms. The van der Waals surface area contributed by atoms with Gasteiger partial charge in [0.25, 0.3) is 5.91 Å². The van der Waals surface area contributed by atoms with E-state index >= 15 is 0 Å². The summed E-state index contributed by atoms with van der Waals surface area (Å²) in [5.74, 6) is 1.57. The third kappa shape index (κ3) is 17.8. The highest BCUT2D eigenvalue weighted by Crippen LogP contribution is 2.44. The first-order valence-corrected chi connectivity index (χ1v) is 31.9. The first kappa shape index (κ1) is 66.1. The monoisotopic (exact) mass is 1250 g/mol. The minimum atomic E-state index is -1.75. The molecule has 3 aliphatic heterocycles. The molecule has 4 atom stereocenters. The molecule has 6 aromatic rings. The Hall–Kier alpha value is -7.85. The number of halogens is 3. The lowest BCUT2D eigenvalue weighted by Crippen LogP contribution is -2.50. The van der Waals surface area contributed by atoms with Crippen molar-refractivity contribution in [3.05, 3.63) is 144 Å². The second-order valence-electron chi connectivity index (χ2n) is 24.3. The fourth-order valence-corrected chi connectivity index (χ4v) is 11.6. The highest BCUT2D eigenvalue weighted by atomic mass is 19.1. The van der Waals surface area contributed by atoms with Crippen molar-refractivity contribution in [2.45, 2.75) is 134 Å². The maximum Gasteiger partial charge on any atom is 0.262 e. The third-order valence-electron chi connectivity index (χ3n) is 17.4. The number of anilines is 3. The Morgan fingerprint density at radius 1 is 0.615 bits per heavy atom. The van der Waals surface area contributed by atoms with Crippen LogP contribution in [0.1, 0.15) is 101 Å². The number of benzene rings is 6. The predicted octanol–water partition coefficient (Wildman–Crippen LogP) is 11.2. The number of ether oxygens (including phenoxy) is 5. The molecule has 17 nitrogen and oxygen atoms in total. The van der Waals surface area contributed by atoms with Crippen LogP contribution in [0.4, 0.5) is 30.2 Å². The number of aliphatic hydroxyl groups excluding tert-OH is 1. The minimum Gasteiger partial charge on any atom is -0.490 e. The van der Waals surface area contributed by atoms with Crippen molar-refractivity contribution in [1.29, 1.82) is 0 Å². The van der Waals surface area contributed by atoms with Gasteiger partial charge in [0.2, 0.25) is 17.7 Å². The summed E-state index contributed by atoms with van der Waals surface area (Å²) in [6.45, 7) is 5.49. The Labute approximate surface area is 529 Å². The fourth-order valence-electron chi connectivity index (χ4n) is 11.6. The van der Waals surface area contributed by atoms with Crippen molar-refractivity contribution in [1.82, 2.24) is 4.90 Å². The molecule has 3 aliphatic carbocycles. The summed E-state index contributed by atoms with van der Waals surface area (Å²) in [6, 6.07) is 36.8. The van der Waals surface area contributed by atoms with E-state index in [-0.39, 0.29) is 67.6 Å². The van der Waals surface area contributed by atoms with Gasteiger partial charge >= 0.3 is 0 Å². The van der Waals surface area contributed by atoms with Crippen LogP contribution < -0.4 is 47.4 Å². The molecule has 6 aliphatic rings. The Balaban J connectivity index is 0.000000150. The van der Waals surface area contributed by atoms with Crippen molar-refractivity contribution < 1.29 is 61.1 Å². The molecule has 91 heavy (non-hydrogen) atoms. The molecule has 4 amide bonds. The van der Waals surface area contributed by atoms with Crippen LogP contribution in [-0.4, -0.2) is 110 Å². The average Bonchev–Trinajstić information content (AvgIpc) is 1.94. The second kappa shape index (κ2) is 31.0. The Morgan fingerprint density at radius 2 is 1.12 bits per heavy atom. The van der Waals surface area contributed by atoms with E-state index in [0.29, 0.717) is 79.0 Å². The first-order chi connectivity index (χ1) is 44.1. The number of hydrogen-bond acceptors (Lipinski definition) is 13. The third-order valence-corrected chi connectivity index (χ3v) is 17.4. The van der Waals surface area contributed by atoms with Crippen molar-refractivity contribution in [2.24, 2.45) is 35.0 Å². The summed E-state index contributed by atoms with van der Waals surface area (Å²) in [5, 5.41) is 17.6. The van der Waals surface area contributed by atoms with Gasteiger partial charge in [0, 0.05) is 109 Å². The lowest BCUT2D eigenvalue weighted by atomic mass is 10.0.